The topological polar surface area (TPSA) is 111 Å². The molecule has 8 heteroatoms. The van der Waals surface area contributed by atoms with Gasteiger partial charge in [0.15, 0.2) is 0 Å². The summed E-state index contributed by atoms with van der Waals surface area (Å²) < 4.78 is 9.15. The van der Waals surface area contributed by atoms with Gasteiger partial charge in [0.2, 0.25) is 5.91 Å². The lowest BCUT2D eigenvalue weighted by molar-refractivity contribution is -0.144. The number of rotatable bonds is 7. The van der Waals surface area contributed by atoms with Crippen LogP contribution < -0.4 is 10.6 Å². The summed E-state index contributed by atoms with van der Waals surface area (Å²) in [5, 5.41) is 5.04. The molecule has 0 radical (unpaired) electrons. The lowest BCUT2D eigenvalue weighted by Gasteiger charge is -2.17. The highest BCUT2D eigenvalue weighted by Crippen LogP contribution is 2.15. The van der Waals surface area contributed by atoms with Crippen LogP contribution >= 0.6 is 0 Å². The summed E-state index contributed by atoms with van der Waals surface area (Å²) >= 11 is 0. The van der Waals surface area contributed by atoms with Crippen molar-refractivity contribution in [1.82, 2.24) is 5.32 Å². The van der Waals surface area contributed by atoms with Gasteiger partial charge in [0.25, 0.3) is 5.91 Å². The van der Waals surface area contributed by atoms with E-state index in [4.69, 9.17) is 0 Å². The number of ether oxygens (including phenoxy) is 2. The number of nitrogens with one attached hydrogen (secondary N) is 2. The molecule has 1 rings (SSSR count). The number of para-hydroxylation sites is 1. The molecule has 0 unspecified atom stereocenters. The second-order valence-corrected chi connectivity index (χ2v) is 4.89. The normalized spacial score (nSPS) is 11.1. The predicted octanol–water partition coefficient (Wildman–Crippen LogP) is 0.870. The molecule has 0 aliphatic rings. The van der Waals surface area contributed by atoms with Crippen LogP contribution in [-0.4, -0.2) is 44.0 Å². The SMILES string of the molecule is COC(=O)CC[C@H](NC(=O)c1ccccc1NC(C)=O)C(=O)OC. The van der Waals surface area contributed by atoms with Crippen molar-refractivity contribution in [3.05, 3.63) is 29.8 Å². The van der Waals surface area contributed by atoms with Crippen molar-refractivity contribution in [3.63, 3.8) is 0 Å². The molecule has 0 aromatic heterocycles. The predicted molar refractivity (Wildman–Crippen MR) is 85.3 cm³/mol. The summed E-state index contributed by atoms with van der Waals surface area (Å²) in [6.07, 6.45) is -0.0166. The van der Waals surface area contributed by atoms with Crippen molar-refractivity contribution < 1.29 is 28.7 Å². The summed E-state index contributed by atoms with van der Waals surface area (Å²) in [7, 11) is 2.42. The molecule has 24 heavy (non-hydrogen) atoms. The Morgan fingerprint density at radius 2 is 1.75 bits per heavy atom. The van der Waals surface area contributed by atoms with Crippen LogP contribution in [-0.2, 0) is 23.9 Å². The van der Waals surface area contributed by atoms with Gasteiger partial charge < -0.3 is 20.1 Å². The summed E-state index contributed by atoms with van der Waals surface area (Å²) in [5.74, 6) is -2.08. The quantitative estimate of drug-likeness (QED) is 0.715. The summed E-state index contributed by atoms with van der Waals surface area (Å²) in [6.45, 7) is 1.32. The number of carbonyl (C=O) groups is 4. The number of amides is 2. The van der Waals surface area contributed by atoms with Crippen LogP contribution in [0.5, 0.6) is 0 Å². The molecule has 0 fully saturated rings. The van der Waals surface area contributed by atoms with Gasteiger partial charge in [-0.05, 0) is 18.6 Å². The first kappa shape index (κ1) is 19.1. The maximum Gasteiger partial charge on any atom is 0.328 e. The minimum Gasteiger partial charge on any atom is -0.469 e. The maximum absolute atomic E-state index is 12.4. The second kappa shape index (κ2) is 9.29. The Morgan fingerprint density at radius 1 is 1.08 bits per heavy atom. The lowest BCUT2D eigenvalue weighted by Crippen LogP contribution is -2.42. The Labute approximate surface area is 139 Å². The monoisotopic (exact) mass is 336 g/mol. The van der Waals surface area contributed by atoms with E-state index in [0.29, 0.717) is 5.69 Å². The molecule has 130 valence electrons. The third-order valence-electron chi connectivity index (χ3n) is 3.14. The van der Waals surface area contributed by atoms with Gasteiger partial charge in [0.1, 0.15) is 6.04 Å². The van der Waals surface area contributed by atoms with Crippen molar-refractivity contribution in [2.45, 2.75) is 25.8 Å². The fourth-order valence-corrected chi connectivity index (χ4v) is 1.97. The Kier molecular flexibility index (Phi) is 7.41. The minimum absolute atomic E-state index is 0.0351. The molecule has 2 amide bonds. The fraction of sp³-hybridized carbons (Fsp3) is 0.375. The number of hydrogen-bond acceptors (Lipinski definition) is 6. The van der Waals surface area contributed by atoms with E-state index < -0.39 is 23.9 Å². The van der Waals surface area contributed by atoms with Gasteiger partial charge in [0, 0.05) is 13.3 Å². The van der Waals surface area contributed by atoms with E-state index in [9.17, 15) is 19.2 Å². The molecule has 1 aromatic rings. The number of hydrogen-bond donors (Lipinski definition) is 2. The fourth-order valence-electron chi connectivity index (χ4n) is 1.97. The second-order valence-electron chi connectivity index (χ2n) is 4.89. The first-order chi connectivity index (χ1) is 11.4. The Bertz CT molecular complexity index is 629. The number of esters is 2. The van der Waals surface area contributed by atoms with Gasteiger partial charge in [0.05, 0.1) is 25.5 Å². The highest BCUT2D eigenvalue weighted by atomic mass is 16.5. The van der Waals surface area contributed by atoms with Crippen molar-refractivity contribution in [2.75, 3.05) is 19.5 Å². The van der Waals surface area contributed by atoms with E-state index >= 15 is 0 Å². The standard InChI is InChI=1S/C16H20N2O6/c1-10(19)17-12-7-5-4-6-11(12)15(21)18-13(16(22)24-3)8-9-14(20)23-2/h4-7,13H,8-9H2,1-3H3,(H,17,19)(H,18,21)/t13-/m0/s1. The van der Waals surface area contributed by atoms with Crippen molar-refractivity contribution in [2.24, 2.45) is 0 Å². The number of benzene rings is 1. The summed E-state index contributed by atoms with van der Waals surface area (Å²) in [6, 6.07) is 5.36. The molecular formula is C16H20N2O6. The van der Waals surface area contributed by atoms with Gasteiger partial charge in [-0.15, -0.1) is 0 Å². The highest BCUT2D eigenvalue weighted by Gasteiger charge is 2.24. The minimum atomic E-state index is -1.01. The van der Waals surface area contributed by atoms with E-state index in [1.165, 1.54) is 27.2 Å². The molecule has 0 saturated heterocycles. The van der Waals surface area contributed by atoms with Gasteiger partial charge in [-0.3, -0.25) is 14.4 Å². The first-order valence-electron chi connectivity index (χ1n) is 7.21. The smallest absolute Gasteiger partial charge is 0.328 e. The van der Waals surface area contributed by atoms with Crippen LogP contribution in [0.25, 0.3) is 0 Å². The van der Waals surface area contributed by atoms with E-state index in [-0.39, 0.29) is 24.3 Å². The zero-order valence-electron chi connectivity index (χ0n) is 13.8. The van der Waals surface area contributed by atoms with Crippen LogP contribution in [0, 0.1) is 0 Å². The van der Waals surface area contributed by atoms with Crippen LogP contribution in [0.15, 0.2) is 24.3 Å². The average Bonchev–Trinajstić information content (AvgIpc) is 2.57. The zero-order valence-corrected chi connectivity index (χ0v) is 13.8. The molecule has 0 aliphatic heterocycles. The Balaban J connectivity index is 2.90. The molecule has 2 N–H and O–H groups in total. The molecule has 1 aromatic carbocycles. The zero-order chi connectivity index (χ0) is 18.1. The third kappa shape index (κ3) is 5.71. The molecule has 0 heterocycles. The van der Waals surface area contributed by atoms with Gasteiger partial charge in [-0.2, -0.15) is 0 Å². The molecule has 0 spiro atoms. The van der Waals surface area contributed by atoms with E-state index in [2.05, 4.69) is 20.1 Å². The number of methoxy groups -OCH3 is 2. The molecule has 0 aliphatic carbocycles. The molecule has 0 saturated carbocycles. The van der Waals surface area contributed by atoms with Crippen molar-refractivity contribution in [1.29, 1.82) is 0 Å². The number of anilines is 1. The van der Waals surface area contributed by atoms with Crippen molar-refractivity contribution >= 4 is 29.4 Å². The Hall–Kier alpha value is -2.90. The molecular weight excluding hydrogens is 316 g/mol. The molecule has 8 nitrogen and oxygen atoms in total. The summed E-state index contributed by atoms with van der Waals surface area (Å²) in [4.78, 5) is 46.6. The maximum atomic E-state index is 12.4. The Morgan fingerprint density at radius 3 is 2.33 bits per heavy atom. The summed E-state index contributed by atoms with van der Waals surface area (Å²) in [5.41, 5.74) is 0.513. The van der Waals surface area contributed by atoms with Crippen LogP contribution in [0.2, 0.25) is 0 Å². The largest absolute Gasteiger partial charge is 0.469 e. The number of carbonyl (C=O) groups excluding carboxylic acids is 4. The van der Waals surface area contributed by atoms with Gasteiger partial charge in [-0.1, -0.05) is 12.1 Å². The first-order valence-corrected chi connectivity index (χ1v) is 7.21. The average molecular weight is 336 g/mol. The van der Waals surface area contributed by atoms with Crippen LogP contribution in [0.3, 0.4) is 0 Å². The third-order valence-corrected chi connectivity index (χ3v) is 3.14. The van der Waals surface area contributed by atoms with Gasteiger partial charge in [-0.25, -0.2) is 4.79 Å². The van der Waals surface area contributed by atoms with Gasteiger partial charge >= 0.3 is 11.9 Å². The van der Waals surface area contributed by atoms with E-state index in [1.54, 1.807) is 18.2 Å². The van der Waals surface area contributed by atoms with Crippen LogP contribution in [0.1, 0.15) is 30.1 Å². The lowest BCUT2D eigenvalue weighted by atomic mass is 10.1. The van der Waals surface area contributed by atoms with E-state index in [0.717, 1.165) is 0 Å². The van der Waals surface area contributed by atoms with Crippen molar-refractivity contribution in [3.8, 4) is 0 Å². The van der Waals surface area contributed by atoms with Crippen LogP contribution in [0.4, 0.5) is 5.69 Å². The highest BCUT2D eigenvalue weighted by molar-refractivity contribution is 6.04. The van der Waals surface area contributed by atoms with E-state index in [1.807, 2.05) is 0 Å². The molecule has 1 atom stereocenters. The molecule has 0 bridgehead atoms.